The van der Waals surface area contributed by atoms with E-state index in [2.05, 4.69) is 20.4 Å². The first-order valence-corrected chi connectivity index (χ1v) is 10.1. The molecule has 0 spiro atoms. The van der Waals surface area contributed by atoms with Crippen LogP contribution in [0.25, 0.3) is 5.78 Å². The molecule has 1 aliphatic rings. The number of alkyl halides is 3. The zero-order valence-electron chi connectivity index (χ0n) is 16.7. The van der Waals surface area contributed by atoms with Gasteiger partial charge in [0.2, 0.25) is 0 Å². The molecular weight excluding hydrogens is 411 g/mol. The minimum absolute atomic E-state index is 0.0395. The monoisotopic (exact) mass is 433 g/mol. The number of para-hydroxylation sites is 1. The number of fused-ring (bicyclic) bond motifs is 1. The van der Waals surface area contributed by atoms with Gasteiger partial charge in [0.15, 0.2) is 6.61 Å². The van der Waals surface area contributed by atoms with E-state index >= 15 is 0 Å². The number of nitrogens with one attached hydrogen (secondary N) is 1. The van der Waals surface area contributed by atoms with Crippen LogP contribution in [0.1, 0.15) is 43.1 Å². The SMILES string of the molecule is O=C(COc1ccccc1)NCC1CCC(c2ccnc3nc(C(F)(F)F)nn23)CC1. The number of halogens is 3. The Kier molecular flexibility index (Phi) is 6.06. The van der Waals surface area contributed by atoms with Crippen molar-refractivity contribution in [2.24, 2.45) is 5.92 Å². The summed E-state index contributed by atoms with van der Waals surface area (Å²) in [6.45, 7) is 0.513. The quantitative estimate of drug-likeness (QED) is 0.642. The maximum Gasteiger partial charge on any atom is 0.453 e. The van der Waals surface area contributed by atoms with Gasteiger partial charge in [-0.1, -0.05) is 18.2 Å². The largest absolute Gasteiger partial charge is 0.484 e. The molecule has 2 heterocycles. The lowest BCUT2D eigenvalue weighted by atomic mass is 9.80. The highest BCUT2D eigenvalue weighted by molar-refractivity contribution is 5.77. The van der Waals surface area contributed by atoms with Crippen molar-refractivity contribution in [3.8, 4) is 5.75 Å². The normalized spacial score (nSPS) is 19.3. The van der Waals surface area contributed by atoms with Crippen molar-refractivity contribution in [2.45, 2.75) is 37.8 Å². The van der Waals surface area contributed by atoms with Crippen LogP contribution in [0, 0.1) is 5.92 Å². The molecule has 0 unspecified atom stereocenters. The lowest BCUT2D eigenvalue weighted by Gasteiger charge is -2.28. The first-order valence-electron chi connectivity index (χ1n) is 10.1. The zero-order valence-corrected chi connectivity index (χ0v) is 16.7. The number of nitrogens with zero attached hydrogens (tertiary/aromatic N) is 4. The summed E-state index contributed by atoms with van der Waals surface area (Å²) >= 11 is 0. The Morgan fingerprint density at radius 1 is 1.13 bits per heavy atom. The first-order chi connectivity index (χ1) is 14.9. The Hall–Kier alpha value is -3.17. The molecule has 31 heavy (non-hydrogen) atoms. The van der Waals surface area contributed by atoms with Gasteiger partial charge in [-0.05, 0) is 49.8 Å². The molecule has 0 saturated heterocycles. The minimum Gasteiger partial charge on any atom is -0.484 e. The summed E-state index contributed by atoms with van der Waals surface area (Å²) in [4.78, 5) is 19.4. The van der Waals surface area contributed by atoms with Crippen LogP contribution in [0.3, 0.4) is 0 Å². The van der Waals surface area contributed by atoms with Gasteiger partial charge in [0.05, 0.1) is 5.69 Å². The Labute approximate surface area is 176 Å². The number of ether oxygens (including phenoxy) is 1. The molecule has 1 saturated carbocycles. The summed E-state index contributed by atoms with van der Waals surface area (Å²) in [5.41, 5.74) is 0.687. The Bertz CT molecular complexity index is 1030. The number of aromatic nitrogens is 4. The third-order valence-electron chi connectivity index (χ3n) is 5.49. The van der Waals surface area contributed by atoms with Gasteiger partial charge in [-0.3, -0.25) is 4.79 Å². The second-order valence-electron chi connectivity index (χ2n) is 7.64. The smallest absolute Gasteiger partial charge is 0.453 e. The van der Waals surface area contributed by atoms with E-state index in [4.69, 9.17) is 4.74 Å². The van der Waals surface area contributed by atoms with Gasteiger partial charge >= 0.3 is 6.18 Å². The van der Waals surface area contributed by atoms with Gasteiger partial charge < -0.3 is 10.1 Å². The molecular formula is C21H22F3N5O2. The highest BCUT2D eigenvalue weighted by atomic mass is 19.4. The minimum atomic E-state index is -4.61. The van der Waals surface area contributed by atoms with E-state index in [1.54, 1.807) is 18.2 Å². The molecule has 1 amide bonds. The van der Waals surface area contributed by atoms with E-state index in [1.165, 1.54) is 10.7 Å². The average molecular weight is 433 g/mol. The number of carbonyl (C=O) groups is 1. The maximum atomic E-state index is 12.9. The fraction of sp³-hybridized carbons (Fsp3) is 0.429. The van der Waals surface area contributed by atoms with Crippen LogP contribution in [0.5, 0.6) is 5.75 Å². The second-order valence-corrected chi connectivity index (χ2v) is 7.64. The van der Waals surface area contributed by atoms with Gasteiger partial charge in [-0.2, -0.15) is 18.2 Å². The third kappa shape index (κ3) is 5.12. The second kappa shape index (κ2) is 8.91. The van der Waals surface area contributed by atoms with Gasteiger partial charge in [0.25, 0.3) is 17.5 Å². The summed E-state index contributed by atoms with van der Waals surface area (Å²) in [5, 5.41) is 6.53. The standard InChI is InChI=1S/C21H22F3N5O2/c22-21(23,24)19-27-20-25-11-10-17(29(20)28-19)15-8-6-14(7-9-15)12-26-18(30)13-31-16-4-2-1-3-5-16/h1-5,10-11,14-15H,6-9,12-13H2,(H,26,30). The summed E-state index contributed by atoms with van der Waals surface area (Å²) in [6.07, 6.45) is 0.163. The molecule has 1 aromatic carbocycles. The van der Waals surface area contributed by atoms with E-state index in [0.717, 1.165) is 25.7 Å². The van der Waals surface area contributed by atoms with Crippen molar-refractivity contribution in [3.63, 3.8) is 0 Å². The molecule has 0 radical (unpaired) electrons. The maximum absolute atomic E-state index is 12.9. The van der Waals surface area contributed by atoms with Crippen molar-refractivity contribution in [3.05, 3.63) is 54.1 Å². The number of amides is 1. The number of hydrogen-bond donors (Lipinski definition) is 1. The lowest BCUT2D eigenvalue weighted by molar-refractivity contribution is -0.144. The van der Waals surface area contributed by atoms with Gasteiger partial charge in [0, 0.05) is 18.7 Å². The molecule has 1 aliphatic carbocycles. The molecule has 4 rings (SSSR count). The Balaban J connectivity index is 1.29. The molecule has 1 N–H and O–H groups in total. The summed E-state index contributed by atoms with van der Waals surface area (Å²) in [6, 6.07) is 10.8. The predicted molar refractivity (Wildman–Crippen MR) is 105 cm³/mol. The summed E-state index contributed by atoms with van der Waals surface area (Å²) in [5.74, 6) is -0.371. The number of benzene rings is 1. The molecule has 7 nitrogen and oxygen atoms in total. The van der Waals surface area contributed by atoms with E-state index < -0.39 is 12.0 Å². The number of carbonyl (C=O) groups excluding carboxylic acids is 1. The van der Waals surface area contributed by atoms with Crippen LogP contribution >= 0.6 is 0 Å². The molecule has 1 fully saturated rings. The topological polar surface area (TPSA) is 81.4 Å². The Morgan fingerprint density at radius 2 is 1.87 bits per heavy atom. The first kappa shape index (κ1) is 21.1. The van der Waals surface area contributed by atoms with E-state index in [9.17, 15) is 18.0 Å². The van der Waals surface area contributed by atoms with Crippen molar-refractivity contribution in [2.75, 3.05) is 13.2 Å². The molecule has 10 heteroatoms. The van der Waals surface area contributed by atoms with Crippen molar-refractivity contribution in [1.82, 2.24) is 24.9 Å². The van der Waals surface area contributed by atoms with Crippen LogP contribution in [-0.4, -0.2) is 38.6 Å². The van der Waals surface area contributed by atoms with Gasteiger partial charge in [0.1, 0.15) is 5.75 Å². The van der Waals surface area contributed by atoms with Crippen LogP contribution < -0.4 is 10.1 Å². The van der Waals surface area contributed by atoms with E-state index in [-0.39, 0.29) is 24.2 Å². The van der Waals surface area contributed by atoms with E-state index in [0.29, 0.717) is 23.9 Å². The highest BCUT2D eigenvalue weighted by Crippen LogP contribution is 2.36. The summed E-state index contributed by atoms with van der Waals surface area (Å²) in [7, 11) is 0. The third-order valence-corrected chi connectivity index (χ3v) is 5.49. The van der Waals surface area contributed by atoms with Crippen molar-refractivity contribution < 1.29 is 22.7 Å². The molecule has 0 aliphatic heterocycles. The molecule has 164 valence electrons. The molecule has 0 atom stereocenters. The van der Waals surface area contributed by atoms with Crippen LogP contribution in [-0.2, 0) is 11.0 Å². The van der Waals surface area contributed by atoms with Crippen LogP contribution in [0.4, 0.5) is 13.2 Å². The zero-order chi connectivity index (χ0) is 21.8. The molecule has 3 aromatic rings. The van der Waals surface area contributed by atoms with Crippen LogP contribution in [0.2, 0.25) is 0 Å². The predicted octanol–water partition coefficient (Wildman–Crippen LogP) is 3.61. The Morgan fingerprint density at radius 3 is 2.58 bits per heavy atom. The van der Waals surface area contributed by atoms with Gasteiger partial charge in [-0.25, -0.2) is 9.50 Å². The van der Waals surface area contributed by atoms with Crippen molar-refractivity contribution in [1.29, 1.82) is 0 Å². The fourth-order valence-corrected chi connectivity index (χ4v) is 3.88. The van der Waals surface area contributed by atoms with Crippen molar-refractivity contribution >= 4 is 11.7 Å². The molecule has 0 bridgehead atoms. The van der Waals surface area contributed by atoms with Gasteiger partial charge in [-0.15, -0.1) is 5.10 Å². The van der Waals surface area contributed by atoms with Crippen LogP contribution in [0.15, 0.2) is 42.6 Å². The highest BCUT2D eigenvalue weighted by Gasteiger charge is 2.37. The fourth-order valence-electron chi connectivity index (χ4n) is 3.88. The average Bonchev–Trinajstić information content (AvgIpc) is 3.23. The van der Waals surface area contributed by atoms with E-state index in [1.807, 2.05) is 18.2 Å². The number of rotatable bonds is 6. The lowest BCUT2D eigenvalue weighted by Crippen LogP contribution is -2.34. The number of hydrogen-bond acceptors (Lipinski definition) is 5. The summed E-state index contributed by atoms with van der Waals surface area (Å²) < 4.78 is 45.5. The molecule has 2 aromatic heterocycles.